The lowest BCUT2D eigenvalue weighted by atomic mass is 9.82. The summed E-state index contributed by atoms with van der Waals surface area (Å²) in [5.74, 6) is 3.36. The first-order valence-corrected chi connectivity index (χ1v) is 15.2. The largest absolute Gasteiger partial charge is 0.457 e. The molecule has 46 heavy (non-hydrogen) atoms. The summed E-state index contributed by atoms with van der Waals surface area (Å²) in [5, 5.41) is 10.3. The summed E-state index contributed by atoms with van der Waals surface area (Å²) in [4.78, 5) is 14.4. The van der Waals surface area contributed by atoms with Crippen molar-refractivity contribution in [3.05, 3.63) is 133 Å². The van der Waals surface area contributed by atoms with Crippen LogP contribution in [0.3, 0.4) is 0 Å². The first kappa shape index (κ1) is 30.9. The van der Waals surface area contributed by atoms with Crippen LogP contribution < -0.4 is 10.2 Å². The van der Waals surface area contributed by atoms with Crippen molar-refractivity contribution in [2.45, 2.75) is 38.9 Å². The smallest absolute Gasteiger partial charge is 0.330 e. The fourth-order valence-electron chi connectivity index (χ4n) is 4.57. The maximum absolute atomic E-state index is 10.3. The van der Waals surface area contributed by atoms with Crippen LogP contribution in [-0.2, 0) is 4.65 Å². The predicted octanol–water partition coefficient (Wildman–Crippen LogP) is 8.14. The molecule has 1 N–H and O–H groups in total. The van der Waals surface area contributed by atoms with Gasteiger partial charge in [-0.15, -0.1) is 0 Å². The first-order chi connectivity index (χ1) is 22.1. The minimum absolute atomic E-state index is 0.624. The molecule has 5 aromatic carbocycles. The van der Waals surface area contributed by atoms with Crippen molar-refractivity contribution in [1.82, 2.24) is 15.0 Å². The summed E-state index contributed by atoms with van der Waals surface area (Å²) in [6, 6.07) is 43.8. The number of benzene rings is 5. The molecule has 0 aliphatic carbocycles. The van der Waals surface area contributed by atoms with E-state index in [1.54, 1.807) is 21.3 Å². The average Bonchev–Trinajstić information content (AvgIpc) is 3.08. The highest BCUT2D eigenvalue weighted by atomic mass is 16.5. The lowest BCUT2D eigenvalue weighted by Crippen LogP contribution is -2.49. The van der Waals surface area contributed by atoms with E-state index in [-0.39, 0.29) is 0 Å². The molecule has 1 aromatic heterocycles. The highest BCUT2D eigenvalue weighted by molar-refractivity contribution is 6.47. The Bertz CT molecular complexity index is 1830. The zero-order chi connectivity index (χ0) is 32.1. The molecule has 0 aliphatic rings. The predicted molar refractivity (Wildman–Crippen MR) is 185 cm³/mol. The third-order valence-corrected chi connectivity index (χ3v) is 8.11. The molecule has 0 fully saturated rings. The quantitative estimate of drug-likeness (QED) is 0.159. The van der Waals surface area contributed by atoms with Gasteiger partial charge in [0.15, 0.2) is 17.5 Å². The molecule has 1 radical (unpaired) electrons. The van der Waals surface area contributed by atoms with Gasteiger partial charge in [-0.05, 0) is 63.1 Å². The van der Waals surface area contributed by atoms with Crippen molar-refractivity contribution < 1.29 is 14.5 Å². The van der Waals surface area contributed by atoms with Gasteiger partial charge in [0.25, 0.3) is 0 Å². The Balaban J connectivity index is 1.15. The highest BCUT2D eigenvalue weighted by Crippen LogP contribution is 2.29. The lowest BCUT2D eigenvalue weighted by Gasteiger charge is -2.37. The van der Waals surface area contributed by atoms with Gasteiger partial charge < -0.3 is 14.5 Å². The van der Waals surface area contributed by atoms with Crippen molar-refractivity contribution in [3.63, 3.8) is 0 Å². The van der Waals surface area contributed by atoms with Crippen molar-refractivity contribution in [3.8, 4) is 56.8 Å². The van der Waals surface area contributed by atoms with E-state index in [0.717, 1.165) is 44.8 Å². The van der Waals surface area contributed by atoms with Gasteiger partial charge >= 0.3 is 7.48 Å². The Kier molecular flexibility index (Phi) is 8.80. The van der Waals surface area contributed by atoms with Crippen LogP contribution in [0.4, 0.5) is 0 Å². The van der Waals surface area contributed by atoms with Crippen LogP contribution in [0.25, 0.3) is 45.3 Å². The van der Waals surface area contributed by atoms with Crippen LogP contribution in [-0.4, -0.2) is 38.7 Å². The summed E-state index contributed by atoms with van der Waals surface area (Å²) >= 11 is 0. The molecule has 0 atom stereocenters. The highest BCUT2D eigenvalue weighted by Gasteiger charge is 2.35. The second-order valence-corrected chi connectivity index (χ2v) is 12.1. The minimum atomic E-state index is -0.978. The summed E-state index contributed by atoms with van der Waals surface area (Å²) < 4.78 is 11.9. The van der Waals surface area contributed by atoms with Gasteiger partial charge in [-0.1, -0.05) is 115 Å². The molecule has 0 saturated carbocycles. The molecular weight excluding hydrogens is 569 g/mol. The topological polar surface area (TPSA) is 77.4 Å². The van der Waals surface area contributed by atoms with Gasteiger partial charge in [0.05, 0.1) is 11.2 Å². The zero-order valence-corrected chi connectivity index (χ0v) is 26.4. The molecule has 1 heterocycles. The monoisotopic (exact) mass is 604 g/mol. The number of nitrogens with zero attached hydrogens (tertiary/aromatic N) is 3. The Morgan fingerprint density at radius 3 is 1.28 bits per heavy atom. The van der Waals surface area contributed by atoms with Gasteiger partial charge in [-0.3, -0.25) is 0 Å². The Hall–Kier alpha value is -5.11. The SMILES string of the molecule is CC(C)(O)C(C)(C)O[B]c1ccc(Oc2ccc(-c3ccc(-c4nc(-c5ccccc5)nc(-c5ccccc5)n4)cc3)cc2)cc1. The fraction of sp³-hybridized carbons (Fsp3) is 0.154. The van der Waals surface area contributed by atoms with E-state index >= 15 is 0 Å². The summed E-state index contributed by atoms with van der Waals surface area (Å²) in [6.07, 6.45) is 0. The van der Waals surface area contributed by atoms with Crippen LogP contribution in [0.2, 0.25) is 0 Å². The first-order valence-electron chi connectivity index (χ1n) is 15.2. The van der Waals surface area contributed by atoms with Gasteiger partial charge in [0.2, 0.25) is 0 Å². The minimum Gasteiger partial charge on any atom is -0.457 e. The average molecular weight is 605 g/mol. The molecule has 6 nitrogen and oxygen atoms in total. The Labute approximate surface area is 271 Å². The summed E-state index contributed by atoms with van der Waals surface area (Å²) in [6.45, 7) is 7.19. The van der Waals surface area contributed by atoms with Crippen molar-refractivity contribution in [2.75, 3.05) is 0 Å². The molecule has 7 heteroatoms. The maximum Gasteiger partial charge on any atom is 0.330 e. The van der Waals surface area contributed by atoms with Gasteiger partial charge in [-0.25, -0.2) is 15.0 Å². The van der Waals surface area contributed by atoms with Gasteiger partial charge in [0.1, 0.15) is 11.5 Å². The normalized spacial score (nSPS) is 11.7. The van der Waals surface area contributed by atoms with Crippen molar-refractivity contribution in [1.29, 1.82) is 0 Å². The number of rotatable bonds is 10. The van der Waals surface area contributed by atoms with Crippen LogP contribution >= 0.6 is 0 Å². The summed E-state index contributed by atoms with van der Waals surface area (Å²) in [5.41, 5.74) is 4.12. The molecule has 0 unspecified atom stereocenters. The van der Waals surface area contributed by atoms with E-state index in [9.17, 15) is 5.11 Å². The van der Waals surface area contributed by atoms with Crippen LogP contribution in [0.15, 0.2) is 133 Å². The third-order valence-electron chi connectivity index (χ3n) is 8.11. The molecule has 0 bridgehead atoms. The molecule has 227 valence electrons. The number of aliphatic hydroxyl groups is 1. The number of aromatic nitrogens is 3. The van der Waals surface area contributed by atoms with E-state index in [4.69, 9.17) is 24.3 Å². The van der Waals surface area contributed by atoms with Crippen LogP contribution in [0.1, 0.15) is 27.7 Å². The number of hydrogen-bond donors (Lipinski definition) is 1. The maximum atomic E-state index is 10.3. The summed E-state index contributed by atoms with van der Waals surface area (Å²) in [7, 11) is 1.66. The van der Waals surface area contributed by atoms with Crippen LogP contribution in [0.5, 0.6) is 11.5 Å². The van der Waals surface area contributed by atoms with Gasteiger partial charge in [-0.2, -0.15) is 0 Å². The van der Waals surface area contributed by atoms with Crippen molar-refractivity contribution in [2.24, 2.45) is 0 Å². The molecule has 0 saturated heterocycles. The fourth-order valence-corrected chi connectivity index (χ4v) is 4.57. The molecule has 6 aromatic rings. The van der Waals surface area contributed by atoms with E-state index in [1.807, 2.05) is 135 Å². The van der Waals surface area contributed by atoms with E-state index in [1.165, 1.54) is 0 Å². The van der Waals surface area contributed by atoms with Crippen molar-refractivity contribution >= 4 is 12.9 Å². The molecule has 0 spiro atoms. The second-order valence-electron chi connectivity index (χ2n) is 12.1. The standard InChI is InChI=1S/C39H35BN3O3/c1-38(2,44)39(3,4)46-40-32-21-25-34(26-22-32)45-33-23-19-28(20-24-33)27-15-17-31(18-16-27)37-42-35(29-11-7-5-8-12-29)41-36(43-37)30-13-9-6-10-14-30/h5-26,44H,1-4H3. The molecule has 6 rings (SSSR count). The Morgan fingerprint density at radius 2 is 0.848 bits per heavy atom. The van der Waals surface area contributed by atoms with Crippen LogP contribution in [0, 0.1) is 0 Å². The number of hydrogen-bond acceptors (Lipinski definition) is 6. The van der Waals surface area contributed by atoms with E-state index < -0.39 is 11.2 Å². The van der Waals surface area contributed by atoms with E-state index in [0.29, 0.717) is 17.5 Å². The van der Waals surface area contributed by atoms with Gasteiger partial charge in [0, 0.05) is 16.7 Å². The second kappa shape index (κ2) is 13.1. The lowest BCUT2D eigenvalue weighted by molar-refractivity contribution is -0.0893. The molecular formula is C39H35BN3O3. The molecule has 0 aliphatic heterocycles. The van der Waals surface area contributed by atoms with E-state index in [2.05, 4.69) is 12.1 Å². The molecule has 0 amide bonds. The number of ether oxygens (including phenoxy) is 1. The Morgan fingerprint density at radius 1 is 0.478 bits per heavy atom. The zero-order valence-electron chi connectivity index (χ0n) is 26.4. The third kappa shape index (κ3) is 7.23.